The molecule has 0 unspecified atom stereocenters. The summed E-state index contributed by atoms with van der Waals surface area (Å²) in [6, 6.07) is 17.8. The van der Waals surface area contributed by atoms with Crippen molar-refractivity contribution in [3.63, 3.8) is 0 Å². The Kier molecular flexibility index (Phi) is 5.69. The molecular weight excluding hydrogens is 326 g/mol. The maximum absolute atomic E-state index is 12.8. The number of aromatic nitrogens is 2. The standard InChI is InChI=1S/C21H23N3O2/c1-3-24-19(17-9-11-18(26-2)12-10-17)15-23-20(21(24)25)22-14-13-16-7-5-4-6-8-16/h4-12,15H,3,13-14H2,1-2H3,(H,22,23). The molecule has 0 saturated carbocycles. The topological polar surface area (TPSA) is 56.1 Å². The summed E-state index contributed by atoms with van der Waals surface area (Å²) < 4.78 is 6.93. The number of nitrogens with one attached hydrogen (secondary N) is 1. The van der Waals surface area contributed by atoms with Gasteiger partial charge >= 0.3 is 0 Å². The highest BCUT2D eigenvalue weighted by molar-refractivity contribution is 5.60. The first-order valence-electron chi connectivity index (χ1n) is 8.75. The largest absolute Gasteiger partial charge is 0.497 e. The molecule has 5 heteroatoms. The predicted molar refractivity (Wildman–Crippen MR) is 105 cm³/mol. The molecule has 5 nitrogen and oxygen atoms in total. The minimum Gasteiger partial charge on any atom is -0.497 e. The van der Waals surface area contributed by atoms with Crippen molar-refractivity contribution in [2.45, 2.75) is 19.9 Å². The van der Waals surface area contributed by atoms with Gasteiger partial charge in [0.15, 0.2) is 5.82 Å². The molecule has 0 aliphatic carbocycles. The minimum absolute atomic E-state index is 0.103. The van der Waals surface area contributed by atoms with Crippen LogP contribution in [0.5, 0.6) is 5.75 Å². The van der Waals surface area contributed by atoms with Gasteiger partial charge in [0.1, 0.15) is 5.75 Å². The second-order valence-electron chi connectivity index (χ2n) is 5.93. The Balaban J connectivity index is 1.79. The molecule has 3 aromatic rings. The van der Waals surface area contributed by atoms with Gasteiger partial charge in [-0.3, -0.25) is 4.79 Å². The van der Waals surface area contributed by atoms with Crippen LogP contribution in [0.4, 0.5) is 5.82 Å². The zero-order valence-corrected chi connectivity index (χ0v) is 15.1. The highest BCUT2D eigenvalue weighted by Gasteiger charge is 2.11. The molecule has 1 heterocycles. The van der Waals surface area contributed by atoms with E-state index in [9.17, 15) is 4.79 Å². The fraction of sp³-hybridized carbons (Fsp3) is 0.238. The van der Waals surface area contributed by atoms with Crippen molar-refractivity contribution >= 4 is 5.82 Å². The first-order chi connectivity index (χ1) is 12.7. The van der Waals surface area contributed by atoms with E-state index in [1.807, 2.05) is 49.4 Å². The van der Waals surface area contributed by atoms with E-state index in [-0.39, 0.29) is 5.56 Å². The number of hydrogen-bond acceptors (Lipinski definition) is 4. The van der Waals surface area contributed by atoms with E-state index >= 15 is 0 Å². The van der Waals surface area contributed by atoms with Gasteiger partial charge < -0.3 is 14.6 Å². The van der Waals surface area contributed by atoms with Crippen LogP contribution in [0.2, 0.25) is 0 Å². The average molecular weight is 349 g/mol. The Labute approximate surface area is 153 Å². The van der Waals surface area contributed by atoms with Gasteiger partial charge in [-0.15, -0.1) is 0 Å². The van der Waals surface area contributed by atoms with Gasteiger partial charge in [-0.1, -0.05) is 30.3 Å². The van der Waals surface area contributed by atoms with Gasteiger partial charge in [-0.25, -0.2) is 4.98 Å². The van der Waals surface area contributed by atoms with Crippen molar-refractivity contribution in [3.05, 3.63) is 76.7 Å². The number of rotatable bonds is 7. The molecule has 0 aliphatic heterocycles. The van der Waals surface area contributed by atoms with Crippen LogP contribution in [0.3, 0.4) is 0 Å². The third-order valence-corrected chi connectivity index (χ3v) is 4.31. The molecule has 0 fully saturated rings. The molecule has 0 atom stereocenters. The van der Waals surface area contributed by atoms with Gasteiger partial charge in [0, 0.05) is 18.7 Å². The van der Waals surface area contributed by atoms with Crippen LogP contribution in [0.1, 0.15) is 12.5 Å². The van der Waals surface area contributed by atoms with Gasteiger partial charge in [0.25, 0.3) is 5.56 Å². The van der Waals surface area contributed by atoms with Crippen molar-refractivity contribution in [2.24, 2.45) is 0 Å². The smallest absolute Gasteiger partial charge is 0.293 e. The first-order valence-corrected chi connectivity index (χ1v) is 8.75. The molecule has 0 amide bonds. The molecule has 134 valence electrons. The van der Waals surface area contributed by atoms with Crippen molar-refractivity contribution in [1.82, 2.24) is 9.55 Å². The molecule has 26 heavy (non-hydrogen) atoms. The number of nitrogens with zero attached hydrogens (tertiary/aromatic N) is 2. The number of hydrogen-bond donors (Lipinski definition) is 1. The third kappa shape index (κ3) is 3.94. The zero-order chi connectivity index (χ0) is 18.4. The Morgan fingerprint density at radius 2 is 1.81 bits per heavy atom. The van der Waals surface area contributed by atoms with E-state index in [1.54, 1.807) is 17.9 Å². The molecule has 3 rings (SSSR count). The molecule has 2 aromatic carbocycles. The summed E-state index contributed by atoms with van der Waals surface area (Å²) in [4.78, 5) is 17.1. The van der Waals surface area contributed by atoms with Crippen molar-refractivity contribution in [1.29, 1.82) is 0 Å². The maximum atomic E-state index is 12.8. The van der Waals surface area contributed by atoms with Gasteiger partial charge in [-0.2, -0.15) is 0 Å². The first kappa shape index (κ1) is 17.7. The molecule has 0 aliphatic rings. The highest BCUT2D eigenvalue weighted by atomic mass is 16.5. The summed E-state index contributed by atoms with van der Waals surface area (Å²) in [5.41, 5.74) is 2.86. The predicted octanol–water partition coefficient (Wildman–Crippen LogP) is 3.59. The van der Waals surface area contributed by atoms with Crippen LogP contribution in [-0.4, -0.2) is 23.2 Å². The summed E-state index contributed by atoms with van der Waals surface area (Å²) in [6.45, 7) is 3.20. The normalized spacial score (nSPS) is 10.5. The van der Waals surface area contributed by atoms with Crippen molar-refractivity contribution in [3.8, 4) is 17.0 Å². The lowest BCUT2D eigenvalue weighted by atomic mass is 10.1. The Hall–Kier alpha value is -3.08. The zero-order valence-electron chi connectivity index (χ0n) is 15.1. The second-order valence-corrected chi connectivity index (χ2v) is 5.93. The van der Waals surface area contributed by atoms with E-state index in [0.29, 0.717) is 18.9 Å². The quantitative estimate of drug-likeness (QED) is 0.708. The van der Waals surface area contributed by atoms with Gasteiger partial charge in [-0.05, 0) is 43.2 Å². The number of methoxy groups -OCH3 is 1. The van der Waals surface area contributed by atoms with E-state index in [2.05, 4.69) is 22.4 Å². The van der Waals surface area contributed by atoms with Crippen LogP contribution in [0.15, 0.2) is 65.6 Å². The molecule has 0 saturated heterocycles. The third-order valence-electron chi connectivity index (χ3n) is 4.31. The van der Waals surface area contributed by atoms with E-state index < -0.39 is 0 Å². The summed E-state index contributed by atoms with van der Waals surface area (Å²) in [5, 5.41) is 3.17. The van der Waals surface area contributed by atoms with Crippen molar-refractivity contribution < 1.29 is 4.74 Å². The number of anilines is 1. The number of benzene rings is 2. The molecule has 1 N–H and O–H groups in total. The Morgan fingerprint density at radius 1 is 1.08 bits per heavy atom. The molecular formula is C21H23N3O2. The van der Waals surface area contributed by atoms with E-state index in [0.717, 1.165) is 23.4 Å². The van der Waals surface area contributed by atoms with Crippen LogP contribution in [0.25, 0.3) is 11.3 Å². The molecule has 0 radical (unpaired) electrons. The summed E-state index contributed by atoms with van der Waals surface area (Å²) in [5.74, 6) is 1.17. The number of ether oxygens (including phenoxy) is 1. The van der Waals surface area contributed by atoms with Crippen LogP contribution in [0, 0.1) is 0 Å². The lowest BCUT2D eigenvalue weighted by molar-refractivity contribution is 0.415. The van der Waals surface area contributed by atoms with Crippen LogP contribution >= 0.6 is 0 Å². The van der Waals surface area contributed by atoms with Crippen LogP contribution in [-0.2, 0) is 13.0 Å². The van der Waals surface area contributed by atoms with Crippen LogP contribution < -0.4 is 15.6 Å². The highest BCUT2D eigenvalue weighted by Crippen LogP contribution is 2.21. The summed E-state index contributed by atoms with van der Waals surface area (Å²) >= 11 is 0. The van der Waals surface area contributed by atoms with Gasteiger partial charge in [0.05, 0.1) is 19.0 Å². The van der Waals surface area contributed by atoms with E-state index in [1.165, 1.54) is 5.56 Å². The van der Waals surface area contributed by atoms with E-state index in [4.69, 9.17) is 4.74 Å². The lowest BCUT2D eigenvalue weighted by Crippen LogP contribution is -2.26. The fourth-order valence-electron chi connectivity index (χ4n) is 2.89. The second kappa shape index (κ2) is 8.34. The minimum atomic E-state index is -0.103. The summed E-state index contributed by atoms with van der Waals surface area (Å²) in [7, 11) is 1.63. The Bertz CT molecular complexity index is 903. The monoisotopic (exact) mass is 349 g/mol. The lowest BCUT2D eigenvalue weighted by Gasteiger charge is -2.13. The Morgan fingerprint density at radius 3 is 2.46 bits per heavy atom. The maximum Gasteiger partial charge on any atom is 0.293 e. The summed E-state index contributed by atoms with van der Waals surface area (Å²) in [6.07, 6.45) is 2.59. The van der Waals surface area contributed by atoms with Gasteiger partial charge in [0.2, 0.25) is 0 Å². The molecule has 0 spiro atoms. The molecule has 1 aromatic heterocycles. The fourth-order valence-corrected chi connectivity index (χ4v) is 2.89. The SMILES string of the molecule is CCn1c(-c2ccc(OC)cc2)cnc(NCCc2ccccc2)c1=O. The van der Waals surface area contributed by atoms with Crippen molar-refractivity contribution in [2.75, 3.05) is 19.0 Å². The molecule has 0 bridgehead atoms. The average Bonchev–Trinajstić information content (AvgIpc) is 2.70.